The van der Waals surface area contributed by atoms with E-state index >= 15 is 0 Å². The van der Waals surface area contributed by atoms with Gasteiger partial charge in [-0.1, -0.05) is 68.4 Å². The average molecular weight is 420 g/mol. The molecule has 0 bridgehead atoms. The van der Waals surface area contributed by atoms with E-state index in [1.165, 1.54) is 23.0 Å². The molecule has 0 fully saturated rings. The third-order valence-electron chi connectivity index (χ3n) is 5.40. The molecule has 0 aliphatic carbocycles. The molecule has 5 nitrogen and oxygen atoms in total. The van der Waals surface area contributed by atoms with Crippen molar-refractivity contribution in [3.8, 4) is 0 Å². The smallest absolute Gasteiger partial charge is 0.273 e. The predicted molar refractivity (Wildman–Crippen MR) is 124 cm³/mol. The maximum absolute atomic E-state index is 12.2. The minimum atomic E-state index is -0.211. The highest BCUT2D eigenvalue weighted by molar-refractivity contribution is 5.92. The summed E-state index contributed by atoms with van der Waals surface area (Å²) in [7, 11) is 0. The molecule has 0 radical (unpaired) electrons. The number of carbonyl (C=O) groups is 1. The first-order chi connectivity index (χ1) is 14.8. The maximum atomic E-state index is 12.2. The van der Waals surface area contributed by atoms with Crippen molar-refractivity contribution in [2.45, 2.75) is 65.7 Å². The molecule has 0 saturated carbocycles. The van der Waals surface area contributed by atoms with E-state index in [4.69, 9.17) is 4.42 Å². The number of hydrogen-bond acceptors (Lipinski definition) is 4. The fraction of sp³-hybridized carbons (Fsp3) is 0.385. The van der Waals surface area contributed by atoms with Crippen LogP contribution in [-0.4, -0.2) is 21.8 Å². The summed E-state index contributed by atoms with van der Waals surface area (Å²) in [5, 5.41) is 2.85. The second kappa shape index (κ2) is 10.4. The number of oxazole rings is 1. The number of nitrogens with one attached hydrogen (secondary N) is 1. The molecule has 1 unspecified atom stereocenters. The quantitative estimate of drug-likeness (QED) is 0.483. The van der Waals surface area contributed by atoms with Crippen molar-refractivity contribution >= 4 is 5.91 Å². The Morgan fingerprint density at radius 3 is 2.23 bits per heavy atom. The van der Waals surface area contributed by atoms with Crippen LogP contribution in [0.5, 0.6) is 0 Å². The number of nitrogens with zero attached hydrogens (tertiary/aromatic N) is 2. The fourth-order valence-corrected chi connectivity index (χ4v) is 3.51. The molecule has 31 heavy (non-hydrogen) atoms. The standard InChI is InChI=1S/C26H33N3O2/c1-18(2)22-13-11-21(12-14-22)15-29(20(5)23-9-7-6-8-10-23)16-25-28-24(17-31-25)26(30)27-19(3)4/h6-14,17-20H,15-16H2,1-5H3,(H,27,30). The summed E-state index contributed by atoms with van der Waals surface area (Å²) in [5.74, 6) is 0.837. The van der Waals surface area contributed by atoms with Gasteiger partial charge in [0, 0.05) is 18.6 Å². The Labute approximate surface area is 185 Å². The van der Waals surface area contributed by atoms with Crippen LogP contribution in [-0.2, 0) is 13.1 Å². The van der Waals surface area contributed by atoms with Crippen LogP contribution in [0.4, 0.5) is 0 Å². The van der Waals surface area contributed by atoms with E-state index in [1.54, 1.807) is 0 Å². The Morgan fingerprint density at radius 1 is 0.935 bits per heavy atom. The van der Waals surface area contributed by atoms with Crippen LogP contribution >= 0.6 is 0 Å². The monoisotopic (exact) mass is 419 g/mol. The Kier molecular flexibility index (Phi) is 7.64. The largest absolute Gasteiger partial charge is 0.447 e. The molecule has 3 aromatic rings. The molecule has 1 heterocycles. The normalized spacial score (nSPS) is 12.5. The van der Waals surface area contributed by atoms with Crippen molar-refractivity contribution < 1.29 is 9.21 Å². The summed E-state index contributed by atoms with van der Waals surface area (Å²) in [5.41, 5.74) is 4.11. The first-order valence-electron chi connectivity index (χ1n) is 11.0. The number of aromatic nitrogens is 1. The van der Waals surface area contributed by atoms with E-state index in [0.29, 0.717) is 24.0 Å². The van der Waals surface area contributed by atoms with E-state index in [0.717, 1.165) is 6.54 Å². The lowest BCUT2D eigenvalue weighted by atomic mass is 10.0. The number of benzene rings is 2. The molecule has 0 saturated heterocycles. The molecule has 0 aliphatic heterocycles. The number of carbonyl (C=O) groups excluding carboxylic acids is 1. The third kappa shape index (κ3) is 6.28. The van der Waals surface area contributed by atoms with Gasteiger partial charge < -0.3 is 9.73 Å². The van der Waals surface area contributed by atoms with Gasteiger partial charge in [-0.25, -0.2) is 4.98 Å². The van der Waals surface area contributed by atoms with E-state index in [1.807, 2.05) is 19.9 Å². The Morgan fingerprint density at radius 2 is 1.61 bits per heavy atom. The molecule has 1 aromatic heterocycles. The van der Waals surface area contributed by atoms with Crippen molar-refractivity contribution in [2.75, 3.05) is 0 Å². The van der Waals surface area contributed by atoms with Crippen molar-refractivity contribution in [3.05, 3.63) is 89.1 Å². The number of hydrogen-bond donors (Lipinski definition) is 1. The SMILES string of the molecule is CC(C)NC(=O)c1coc(CN(Cc2ccc(C(C)C)cc2)C(C)c2ccccc2)n1. The van der Waals surface area contributed by atoms with Crippen LogP contribution < -0.4 is 5.32 Å². The zero-order valence-corrected chi connectivity index (χ0v) is 19.1. The highest BCUT2D eigenvalue weighted by Crippen LogP contribution is 2.25. The molecular formula is C26H33N3O2. The highest BCUT2D eigenvalue weighted by Gasteiger charge is 2.20. The van der Waals surface area contributed by atoms with Gasteiger partial charge in [0.1, 0.15) is 6.26 Å². The van der Waals surface area contributed by atoms with Crippen molar-refractivity contribution in [1.82, 2.24) is 15.2 Å². The van der Waals surface area contributed by atoms with Gasteiger partial charge in [0.05, 0.1) is 6.54 Å². The molecule has 0 spiro atoms. The molecule has 1 amide bonds. The van der Waals surface area contributed by atoms with Gasteiger partial charge in [0.25, 0.3) is 5.91 Å². The summed E-state index contributed by atoms with van der Waals surface area (Å²) >= 11 is 0. The third-order valence-corrected chi connectivity index (χ3v) is 5.40. The number of rotatable bonds is 9. The lowest BCUT2D eigenvalue weighted by molar-refractivity contribution is 0.0938. The van der Waals surface area contributed by atoms with E-state index in [9.17, 15) is 4.79 Å². The summed E-state index contributed by atoms with van der Waals surface area (Å²) in [6, 6.07) is 19.4. The van der Waals surface area contributed by atoms with Gasteiger partial charge in [-0.2, -0.15) is 0 Å². The Bertz CT molecular complexity index is 962. The van der Waals surface area contributed by atoms with E-state index < -0.39 is 0 Å². The maximum Gasteiger partial charge on any atom is 0.273 e. The molecule has 1 N–H and O–H groups in total. The summed E-state index contributed by atoms with van der Waals surface area (Å²) in [4.78, 5) is 19.0. The van der Waals surface area contributed by atoms with Gasteiger partial charge in [-0.15, -0.1) is 0 Å². The zero-order valence-electron chi connectivity index (χ0n) is 19.1. The van der Waals surface area contributed by atoms with Crippen LogP contribution in [0.2, 0.25) is 0 Å². The highest BCUT2D eigenvalue weighted by atomic mass is 16.3. The van der Waals surface area contributed by atoms with Gasteiger partial charge >= 0.3 is 0 Å². The van der Waals surface area contributed by atoms with Crippen molar-refractivity contribution in [3.63, 3.8) is 0 Å². The van der Waals surface area contributed by atoms with E-state index in [2.05, 4.69) is 84.5 Å². The molecule has 1 atom stereocenters. The molecule has 0 aliphatic rings. The van der Waals surface area contributed by atoms with Crippen molar-refractivity contribution in [1.29, 1.82) is 0 Å². The van der Waals surface area contributed by atoms with Crippen LogP contribution in [0.25, 0.3) is 0 Å². The Hall–Kier alpha value is -2.92. The molecule has 164 valence electrons. The van der Waals surface area contributed by atoms with Gasteiger partial charge in [-0.3, -0.25) is 9.69 Å². The first-order valence-corrected chi connectivity index (χ1v) is 11.0. The van der Waals surface area contributed by atoms with Gasteiger partial charge in [-0.05, 0) is 43.4 Å². The summed E-state index contributed by atoms with van der Waals surface area (Å²) in [6.07, 6.45) is 1.44. The van der Waals surface area contributed by atoms with E-state index in [-0.39, 0.29) is 18.0 Å². The first kappa shape index (κ1) is 22.8. The Balaban J connectivity index is 1.80. The summed E-state index contributed by atoms with van der Waals surface area (Å²) < 4.78 is 5.66. The van der Waals surface area contributed by atoms with Crippen LogP contribution in [0.1, 0.15) is 79.6 Å². The second-order valence-corrected chi connectivity index (χ2v) is 8.64. The molecule has 5 heteroatoms. The predicted octanol–water partition coefficient (Wildman–Crippen LogP) is 5.70. The lowest BCUT2D eigenvalue weighted by Gasteiger charge is -2.28. The van der Waals surface area contributed by atoms with Crippen molar-refractivity contribution in [2.24, 2.45) is 0 Å². The lowest BCUT2D eigenvalue weighted by Crippen LogP contribution is -2.30. The number of amides is 1. The van der Waals surface area contributed by atoms with Gasteiger partial charge in [0.15, 0.2) is 5.69 Å². The zero-order chi connectivity index (χ0) is 22.4. The van der Waals surface area contributed by atoms with Gasteiger partial charge in [0.2, 0.25) is 5.89 Å². The second-order valence-electron chi connectivity index (χ2n) is 8.64. The topological polar surface area (TPSA) is 58.4 Å². The molecule has 2 aromatic carbocycles. The van der Waals surface area contributed by atoms with Crippen LogP contribution in [0, 0.1) is 0 Å². The summed E-state index contributed by atoms with van der Waals surface area (Å²) in [6.45, 7) is 11.7. The molecular weight excluding hydrogens is 386 g/mol. The minimum absolute atomic E-state index is 0.0519. The average Bonchev–Trinajstić information content (AvgIpc) is 3.22. The molecule has 3 rings (SSSR count). The van der Waals surface area contributed by atoms with Crippen LogP contribution in [0.3, 0.4) is 0 Å². The van der Waals surface area contributed by atoms with Crippen LogP contribution in [0.15, 0.2) is 65.3 Å². The minimum Gasteiger partial charge on any atom is -0.447 e. The fourth-order valence-electron chi connectivity index (χ4n) is 3.51.